The molecule has 2 rings (SSSR count). The number of carbonyl (C=O) groups is 1. The molecule has 90 valence electrons. The van der Waals surface area contributed by atoms with E-state index in [2.05, 4.69) is 10.3 Å². The number of nitrogens with zero attached hydrogens (tertiary/aromatic N) is 1. The molecule has 0 unspecified atom stereocenters. The molecular weight excluding hydrogens is 260 g/mol. The minimum absolute atomic E-state index is 0.170. The van der Waals surface area contributed by atoms with Crippen LogP contribution in [0.15, 0.2) is 18.2 Å². The van der Waals surface area contributed by atoms with Crippen LogP contribution in [-0.2, 0) is 4.79 Å². The first-order chi connectivity index (χ1) is 8.15. The molecule has 17 heavy (non-hydrogen) atoms. The third-order valence-corrected chi connectivity index (χ3v) is 3.41. The van der Waals surface area contributed by atoms with Gasteiger partial charge in [-0.3, -0.25) is 4.79 Å². The summed E-state index contributed by atoms with van der Waals surface area (Å²) in [5.41, 5.74) is 0.903. The van der Waals surface area contributed by atoms with Crippen molar-refractivity contribution in [1.82, 2.24) is 4.98 Å². The Bertz CT molecular complexity index is 541. The lowest BCUT2D eigenvalue weighted by Crippen LogP contribution is -2.04. The molecule has 0 saturated heterocycles. The van der Waals surface area contributed by atoms with Gasteiger partial charge in [0.15, 0.2) is 5.13 Å². The van der Waals surface area contributed by atoms with Crippen molar-refractivity contribution in [2.24, 2.45) is 0 Å². The molecule has 0 fully saturated rings. The van der Waals surface area contributed by atoms with Gasteiger partial charge in [-0.05, 0) is 24.6 Å². The molecule has 6 heteroatoms. The molecule has 4 nitrogen and oxygen atoms in total. The monoisotopic (exact) mass is 270 g/mol. The smallest absolute Gasteiger partial charge is 0.303 e. The Labute approximate surface area is 107 Å². The first kappa shape index (κ1) is 12.1. The van der Waals surface area contributed by atoms with Gasteiger partial charge in [0.2, 0.25) is 0 Å². The Morgan fingerprint density at radius 1 is 1.53 bits per heavy atom. The van der Waals surface area contributed by atoms with Crippen LogP contribution in [-0.4, -0.2) is 22.6 Å². The fourth-order valence-electron chi connectivity index (χ4n) is 1.41. The minimum atomic E-state index is -0.775. The van der Waals surface area contributed by atoms with Crippen molar-refractivity contribution >= 4 is 44.3 Å². The van der Waals surface area contributed by atoms with Crippen molar-refractivity contribution in [3.05, 3.63) is 23.2 Å². The molecule has 0 aliphatic rings. The van der Waals surface area contributed by atoms with Crippen molar-refractivity contribution in [2.45, 2.75) is 12.8 Å². The second kappa shape index (κ2) is 5.33. The van der Waals surface area contributed by atoms with Gasteiger partial charge in [0.25, 0.3) is 0 Å². The highest BCUT2D eigenvalue weighted by Crippen LogP contribution is 2.28. The van der Waals surface area contributed by atoms with Crippen LogP contribution in [0.2, 0.25) is 5.02 Å². The van der Waals surface area contributed by atoms with Gasteiger partial charge in [0.1, 0.15) is 0 Å². The molecule has 0 bridgehead atoms. The molecule has 0 radical (unpaired) electrons. The highest BCUT2D eigenvalue weighted by molar-refractivity contribution is 7.22. The number of carboxylic acid groups (broad SMARTS) is 1. The van der Waals surface area contributed by atoms with Crippen LogP contribution < -0.4 is 5.32 Å². The van der Waals surface area contributed by atoms with Crippen LogP contribution in [0, 0.1) is 0 Å². The lowest BCUT2D eigenvalue weighted by molar-refractivity contribution is -0.137. The number of rotatable bonds is 5. The largest absolute Gasteiger partial charge is 0.481 e. The van der Waals surface area contributed by atoms with Crippen molar-refractivity contribution in [1.29, 1.82) is 0 Å². The summed E-state index contributed by atoms with van der Waals surface area (Å²) >= 11 is 7.40. The zero-order valence-corrected chi connectivity index (χ0v) is 10.5. The Balaban J connectivity index is 1.97. The number of thiazole rings is 1. The van der Waals surface area contributed by atoms with E-state index >= 15 is 0 Å². The zero-order valence-electron chi connectivity index (χ0n) is 8.94. The Kier molecular flexibility index (Phi) is 3.81. The molecule has 0 amide bonds. The van der Waals surface area contributed by atoms with Crippen LogP contribution in [0.3, 0.4) is 0 Å². The van der Waals surface area contributed by atoms with E-state index < -0.39 is 5.97 Å². The summed E-state index contributed by atoms with van der Waals surface area (Å²) in [5.74, 6) is -0.775. The number of hydrogen-bond acceptors (Lipinski definition) is 4. The second-order valence-corrected chi connectivity index (χ2v) is 5.02. The summed E-state index contributed by atoms with van der Waals surface area (Å²) in [4.78, 5) is 14.7. The number of aliphatic carboxylic acids is 1. The molecular formula is C11H11ClN2O2S. The van der Waals surface area contributed by atoms with E-state index in [1.807, 2.05) is 12.1 Å². The third kappa shape index (κ3) is 3.31. The average Bonchev–Trinajstić information content (AvgIpc) is 2.66. The van der Waals surface area contributed by atoms with Crippen molar-refractivity contribution < 1.29 is 9.90 Å². The summed E-state index contributed by atoms with van der Waals surface area (Å²) in [6.07, 6.45) is 0.760. The Morgan fingerprint density at radius 2 is 2.35 bits per heavy atom. The van der Waals surface area contributed by atoms with E-state index in [1.165, 1.54) is 11.3 Å². The van der Waals surface area contributed by atoms with Gasteiger partial charge in [-0.15, -0.1) is 0 Å². The molecule has 1 aromatic carbocycles. The molecule has 0 aliphatic carbocycles. The first-order valence-corrected chi connectivity index (χ1v) is 6.36. The fraction of sp³-hybridized carbons (Fsp3) is 0.273. The summed E-state index contributed by atoms with van der Waals surface area (Å²) in [5, 5.41) is 13.1. The summed E-state index contributed by atoms with van der Waals surface area (Å²) < 4.78 is 1.03. The van der Waals surface area contributed by atoms with Crippen molar-refractivity contribution in [3.8, 4) is 0 Å². The lowest BCUT2D eigenvalue weighted by atomic mass is 10.3. The molecule has 2 N–H and O–H groups in total. The minimum Gasteiger partial charge on any atom is -0.481 e. The number of nitrogens with one attached hydrogen (secondary N) is 1. The third-order valence-electron chi connectivity index (χ3n) is 2.19. The van der Waals surface area contributed by atoms with Gasteiger partial charge < -0.3 is 10.4 Å². The van der Waals surface area contributed by atoms with E-state index in [0.29, 0.717) is 18.0 Å². The highest BCUT2D eigenvalue weighted by Gasteiger charge is 2.04. The number of carboxylic acids is 1. The van der Waals surface area contributed by atoms with Crippen LogP contribution >= 0.6 is 22.9 Å². The lowest BCUT2D eigenvalue weighted by Gasteiger charge is -1.99. The van der Waals surface area contributed by atoms with E-state index in [1.54, 1.807) is 6.07 Å². The normalized spacial score (nSPS) is 10.6. The number of hydrogen-bond donors (Lipinski definition) is 2. The number of halogens is 1. The van der Waals surface area contributed by atoms with Crippen LogP contribution in [0.25, 0.3) is 10.2 Å². The van der Waals surface area contributed by atoms with Crippen LogP contribution in [0.4, 0.5) is 5.13 Å². The van der Waals surface area contributed by atoms with E-state index in [9.17, 15) is 4.79 Å². The highest BCUT2D eigenvalue weighted by atomic mass is 35.5. The van der Waals surface area contributed by atoms with Gasteiger partial charge in [0.05, 0.1) is 10.2 Å². The van der Waals surface area contributed by atoms with E-state index in [0.717, 1.165) is 15.3 Å². The topological polar surface area (TPSA) is 62.2 Å². The molecule has 2 aromatic rings. The maximum absolute atomic E-state index is 10.3. The van der Waals surface area contributed by atoms with Crippen molar-refractivity contribution in [2.75, 3.05) is 11.9 Å². The van der Waals surface area contributed by atoms with E-state index in [4.69, 9.17) is 16.7 Å². The van der Waals surface area contributed by atoms with Crippen molar-refractivity contribution in [3.63, 3.8) is 0 Å². The first-order valence-electron chi connectivity index (χ1n) is 5.17. The van der Waals surface area contributed by atoms with E-state index in [-0.39, 0.29) is 6.42 Å². The molecule has 0 saturated carbocycles. The number of benzene rings is 1. The maximum Gasteiger partial charge on any atom is 0.303 e. The number of aromatic nitrogens is 1. The summed E-state index contributed by atoms with van der Waals surface area (Å²) in [6.45, 7) is 0.611. The molecule has 1 heterocycles. The molecule has 1 aromatic heterocycles. The van der Waals surface area contributed by atoms with Gasteiger partial charge in [0, 0.05) is 18.0 Å². The standard InChI is InChI=1S/C11H11ClN2O2S/c12-7-3-4-8-9(6-7)17-11(14-8)13-5-1-2-10(15)16/h3-4,6H,1-2,5H2,(H,13,14)(H,15,16). The predicted octanol–water partition coefficient (Wildman–Crippen LogP) is 3.23. The number of fused-ring (bicyclic) bond motifs is 1. The molecule has 0 aliphatic heterocycles. The van der Waals surface area contributed by atoms with Gasteiger partial charge >= 0.3 is 5.97 Å². The Morgan fingerprint density at radius 3 is 3.12 bits per heavy atom. The summed E-state index contributed by atoms with van der Waals surface area (Å²) in [6, 6.07) is 5.55. The zero-order chi connectivity index (χ0) is 12.3. The molecule has 0 atom stereocenters. The van der Waals surface area contributed by atoms with Gasteiger partial charge in [-0.1, -0.05) is 22.9 Å². The predicted molar refractivity (Wildman–Crippen MR) is 70.0 cm³/mol. The van der Waals surface area contributed by atoms with Gasteiger partial charge in [-0.2, -0.15) is 0 Å². The second-order valence-electron chi connectivity index (χ2n) is 3.56. The maximum atomic E-state index is 10.3. The molecule has 0 spiro atoms. The van der Waals surface area contributed by atoms with Crippen LogP contribution in [0.5, 0.6) is 0 Å². The van der Waals surface area contributed by atoms with Crippen LogP contribution in [0.1, 0.15) is 12.8 Å². The summed E-state index contributed by atoms with van der Waals surface area (Å²) in [7, 11) is 0. The Hall–Kier alpha value is -1.33. The average molecular weight is 271 g/mol. The van der Waals surface area contributed by atoms with Gasteiger partial charge in [-0.25, -0.2) is 4.98 Å². The quantitative estimate of drug-likeness (QED) is 0.819. The SMILES string of the molecule is O=C(O)CCCNc1nc2ccc(Cl)cc2s1. The number of anilines is 1. The fourth-order valence-corrected chi connectivity index (χ4v) is 2.58.